The molecule has 6 heteroatoms. The Morgan fingerprint density at radius 1 is 1.14 bits per heavy atom. The van der Waals surface area contributed by atoms with Gasteiger partial charge < -0.3 is 4.42 Å². The molecule has 2 aromatic carbocycles. The first kappa shape index (κ1) is 13.9. The standard InChI is InChI=1S/C16H8N2O3S/c17-9-13-15(10-5-7-11(8-6-10)18(19)20)21-14-4-2-1-3-12(14)16(13)22/h1-8H. The molecule has 0 bridgehead atoms. The molecule has 3 aromatic rings. The van der Waals surface area contributed by atoms with Crippen LogP contribution in [0.15, 0.2) is 52.9 Å². The number of rotatable bonds is 2. The zero-order chi connectivity index (χ0) is 15.7. The second-order valence-electron chi connectivity index (χ2n) is 4.55. The summed E-state index contributed by atoms with van der Waals surface area (Å²) in [5.74, 6) is 0.320. The molecule has 0 unspecified atom stereocenters. The number of nitro groups is 1. The van der Waals surface area contributed by atoms with Gasteiger partial charge in [-0.2, -0.15) is 5.26 Å². The quantitative estimate of drug-likeness (QED) is 0.392. The number of hydrogen-bond acceptors (Lipinski definition) is 5. The van der Waals surface area contributed by atoms with Crippen LogP contribution in [0.1, 0.15) is 5.56 Å². The summed E-state index contributed by atoms with van der Waals surface area (Å²) < 4.78 is 6.21. The highest BCUT2D eigenvalue weighted by Gasteiger charge is 2.14. The molecule has 0 saturated heterocycles. The van der Waals surface area contributed by atoms with Crippen molar-refractivity contribution in [1.82, 2.24) is 0 Å². The summed E-state index contributed by atoms with van der Waals surface area (Å²) in [4.78, 5) is 10.2. The molecular formula is C16H8N2O3S. The Bertz CT molecular complexity index is 985. The van der Waals surface area contributed by atoms with Gasteiger partial charge in [-0.15, -0.1) is 0 Å². The fourth-order valence-corrected chi connectivity index (χ4v) is 2.49. The van der Waals surface area contributed by atoms with Gasteiger partial charge in [-0.1, -0.05) is 24.4 Å². The second-order valence-corrected chi connectivity index (χ2v) is 4.96. The lowest BCUT2D eigenvalue weighted by molar-refractivity contribution is -0.384. The van der Waals surface area contributed by atoms with E-state index in [1.165, 1.54) is 12.1 Å². The van der Waals surface area contributed by atoms with Crippen LogP contribution < -0.4 is 0 Å². The van der Waals surface area contributed by atoms with Crippen molar-refractivity contribution in [2.75, 3.05) is 0 Å². The van der Waals surface area contributed by atoms with Gasteiger partial charge in [-0.05, 0) is 24.3 Å². The smallest absolute Gasteiger partial charge is 0.269 e. The van der Waals surface area contributed by atoms with Gasteiger partial charge >= 0.3 is 0 Å². The molecule has 0 aliphatic carbocycles. The van der Waals surface area contributed by atoms with Crippen LogP contribution in [0.2, 0.25) is 0 Å². The van der Waals surface area contributed by atoms with Gasteiger partial charge in [0.1, 0.15) is 17.2 Å². The molecule has 0 saturated carbocycles. The number of non-ortho nitro benzene ring substituents is 1. The van der Waals surface area contributed by atoms with E-state index in [9.17, 15) is 15.4 Å². The molecule has 0 aliphatic rings. The van der Waals surface area contributed by atoms with Crippen LogP contribution in [-0.2, 0) is 0 Å². The summed E-state index contributed by atoms with van der Waals surface area (Å²) in [6, 6.07) is 15.1. The van der Waals surface area contributed by atoms with Crippen LogP contribution in [-0.4, -0.2) is 4.92 Å². The van der Waals surface area contributed by atoms with E-state index < -0.39 is 4.92 Å². The Hall–Kier alpha value is -3.04. The number of hydrogen-bond donors (Lipinski definition) is 0. The van der Waals surface area contributed by atoms with Crippen LogP contribution in [0.4, 0.5) is 5.69 Å². The normalized spacial score (nSPS) is 10.3. The molecule has 3 rings (SSSR count). The highest BCUT2D eigenvalue weighted by Crippen LogP contribution is 2.31. The van der Waals surface area contributed by atoms with Crippen LogP contribution in [0.5, 0.6) is 0 Å². The van der Waals surface area contributed by atoms with Gasteiger partial charge in [0.25, 0.3) is 5.69 Å². The molecule has 0 amide bonds. The lowest BCUT2D eigenvalue weighted by atomic mass is 10.1. The van der Waals surface area contributed by atoms with Gasteiger partial charge in [-0.3, -0.25) is 10.1 Å². The Balaban J connectivity index is 2.28. The number of para-hydroxylation sites is 1. The van der Waals surface area contributed by atoms with Crippen molar-refractivity contribution in [3.8, 4) is 17.4 Å². The zero-order valence-electron chi connectivity index (χ0n) is 11.1. The number of nitrogens with zero attached hydrogens (tertiary/aromatic N) is 2. The van der Waals surface area contributed by atoms with E-state index in [2.05, 4.69) is 6.07 Å². The van der Waals surface area contributed by atoms with E-state index in [-0.39, 0.29) is 11.3 Å². The average Bonchev–Trinajstić information content (AvgIpc) is 2.55. The third-order valence-corrected chi connectivity index (χ3v) is 3.67. The van der Waals surface area contributed by atoms with E-state index in [4.69, 9.17) is 16.6 Å². The molecule has 0 N–H and O–H groups in total. The molecule has 106 valence electrons. The van der Waals surface area contributed by atoms with Crippen molar-refractivity contribution >= 4 is 28.9 Å². The molecule has 0 fully saturated rings. The summed E-state index contributed by atoms with van der Waals surface area (Å²) in [5, 5.41) is 20.8. The second kappa shape index (κ2) is 5.39. The van der Waals surface area contributed by atoms with Crippen LogP contribution in [0.3, 0.4) is 0 Å². The van der Waals surface area contributed by atoms with Gasteiger partial charge in [-0.25, -0.2) is 0 Å². The maximum Gasteiger partial charge on any atom is 0.269 e. The van der Waals surface area contributed by atoms with Gasteiger partial charge in [0, 0.05) is 23.1 Å². The van der Waals surface area contributed by atoms with Gasteiger partial charge in [0.05, 0.1) is 9.43 Å². The lowest BCUT2D eigenvalue weighted by Gasteiger charge is -2.06. The largest absolute Gasteiger partial charge is 0.455 e. The molecule has 5 nitrogen and oxygen atoms in total. The topological polar surface area (TPSA) is 80.1 Å². The first-order valence-corrected chi connectivity index (χ1v) is 6.73. The fraction of sp³-hybridized carbons (Fsp3) is 0. The third-order valence-electron chi connectivity index (χ3n) is 3.25. The molecular weight excluding hydrogens is 300 g/mol. The molecule has 0 spiro atoms. The molecule has 1 heterocycles. The first-order valence-electron chi connectivity index (χ1n) is 6.32. The summed E-state index contributed by atoms with van der Waals surface area (Å²) in [7, 11) is 0. The number of fused-ring (bicyclic) bond motifs is 1. The highest BCUT2D eigenvalue weighted by atomic mass is 32.1. The van der Waals surface area contributed by atoms with E-state index in [1.807, 2.05) is 12.1 Å². The van der Waals surface area contributed by atoms with Gasteiger partial charge in [0.15, 0.2) is 5.76 Å². The van der Waals surface area contributed by atoms with Crippen molar-refractivity contribution in [3.63, 3.8) is 0 Å². The van der Waals surface area contributed by atoms with Crippen LogP contribution in [0.25, 0.3) is 22.3 Å². The van der Waals surface area contributed by atoms with E-state index in [0.29, 0.717) is 26.8 Å². The predicted octanol–water partition coefficient (Wildman–Crippen LogP) is 4.61. The van der Waals surface area contributed by atoms with Gasteiger partial charge in [0.2, 0.25) is 0 Å². The van der Waals surface area contributed by atoms with Crippen molar-refractivity contribution in [2.24, 2.45) is 0 Å². The predicted molar refractivity (Wildman–Crippen MR) is 83.9 cm³/mol. The minimum atomic E-state index is -0.481. The molecule has 0 atom stereocenters. The van der Waals surface area contributed by atoms with Crippen molar-refractivity contribution < 1.29 is 9.34 Å². The van der Waals surface area contributed by atoms with Crippen molar-refractivity contribution in [1.29, 1.82) is 5.26 Å². The SMILES string of the molecule is N#Cc1c(-c2ccc([N+](=O)[O-])cc2)oc2ccccc2c1=S. The Kier molecular flexibility index (Phi) is 3.41. The summed E-state index contributed by atoms with van der Waals surface area (Å²) in [6.45, 7) is 0. The first-order chi connectivity index (χ1) is 10.6. The van der Waals surface area contributed by atoms with Crippen LogP contribution >= 0.6 is 12.2 Å². The van der Waals surface area contributed by atoms with E-state index in [1.54, 1.807) is 24.3 Å². The number of nitro benzene ring substituents is 1. The van der Waals surface area contributed by atoms with E-state index >= 15 is 0 Å². The molecule has 22 heavy (non-hydrogen) atoms. The Morgan fingerprint density at radius 2 is 1.82 bits per heavy atom. The maximum absolute atomic E-state index is 10.7. The minimum Gasteiger partial charge on any atom is -0.455 e. The van der Waals surface area contributed by atoms with Crippen LogP contribution in [0, 0.1) is 26.0 Å². The number of benzene rings is 2. The summed E-state index contributed by atoms with van der Waals surface area (Å²) in [6.07, 6.45) is 0. The Labute approximate surface area is 130 Å². The maximum atomic E-state index is 10.7. The van der Waals surface area contributed by atoms with Crippen molar-refractivity contribution in [2.45, 2.75) is 0 Å². The summed E-state index contributed by atoms with van der Waals surface area (Å²) in [5.41, 5.74) is 1.36. The fourth-order valence-electron chi connectivity index (χ4n) is 2.18. The molecule has 1 aromatic heterocycles. The lowest BCUT2D eigenvalue weighted by Crippen LogP contribution is -1.90. The third kappa shape index (κ3) is 2.24. The number of nitriles is 1. The molecule has 0 aliphatic heterocycles. The molecule has 0 radical (unpaired) electrons. The average molecular weight is 308 g/mol. The monoisotopic (exact) mass is 308 g/mol. The minimum absolute atomic E-state index is 0.0263. The highest BCUT2D eigenvalue weighted by molar-refractivity contribution is 7.71. The Morgan fingerprint density at radius 3 is 2.45 bits per heavy atom. The summed E-state index contributed by atoms with van der Waals surface area (Å²) >= 11 is 5.36. The van der Waals surface area contributed by atoms with E-state index in [0.717, 1.165) is 0 Å². The van der Waals surface area contributed by atoms with Crippen molar-refractivity contribution in [3.05, 3.63) is 68.7 Å². The zero-order valence-corrected chi connectivity index (χ0v) is 12.0.